The van der Waals surface area contributed by atoms with Crippen molar-refractivity contribution in [3.63, 3.8) is 0 Å². The molecule has 0 atom stereocenters. The van der Waals surface area contributed by atoms with E-state index in [0.29, 0.717) is 0 Å². The van der Waals surface area contributed by atoms with Crippen LogP contribution in [0.15, 0.2) is 108 Å². The van der Waals surface area contributed by atoms with E-state index in [-0.39, 0.29) is 0 Å². The molecule has 0 unspecified atom stereocenters. The maximum absolute atomic E-state index is 5.63. The third-order valence-electron chi connectivity index (χ3n) is 4.85. The number of nitrogens with zero attached hydrogens (tertiary/aromatic N) is 1. The first-order chi connectivity index (χ1) is 13.4. The van der Waals surface area contributed by atoms with Gasteiger partial charge in [-0.05, 0) is 21.9 Å². The molecular formula is C25H17NO. The minimum Gasteiger partial charge on any atom is -0.356 e. The maximum Gasteiger partial charge on any atom is 0.167 e. The van der Waals surface area contributed by atoms with Crippen molar-refractivity contribution >= 4 is 10.8 Å². The van der Waals surface area contributed by atoms with Crippen molar-refractivity contribution in [3.05, 3.63) is 103 Å². The Morgan fingerprint density at radius 2 is 1.22 bits per heavy atom. The number of hydrogen-bond donors (Lipinski definition) is 0. The van der Waals surface area contributed by atoms with Crippen LogP contribution in [0, 0.1) is 0 Å². The summed E-state index contributed by atoms with van der Waals surface area (Å²) >= 11 is 0. The van der Waals surface area contributed by atoms with Crippen LogP contribution in [0.25, 0.3) is 44.5 Å². The Kier molecular flexibility index (Phi) is 3.80. The summed E-state index contributed by atoms with van der Waals surface area (Å²) in [6.07, 6.45) is 0. The summed E-state index contributed by atoms with van der Waals surface area (Å²) in [5.74, 6) is 0.776. The highest BCUT2D eigenvalue weighted by Crippen LogP contribution is 2.36. The van der Waals surface area contributed by atoms with Gasteiger partial charge in [0.25, 0.3) is 0 Å². The molecule has 2 nitrogen and oxygen atoms in total. The quantitative estimate of drug-likeness (QED) is 0.357. The molecule has 0 bridgehead atoms. The monoisotopic (exact) mass is 347 g/mol. The van der Waals surface area contributed by atoms with E-state index in [0.717, 1.165) is 28.1 Å². The molecule has 0 N–H and O–H groups in total. The minimum absolute atomic E-state index is 0.776. The molecule has 27 heavy (non-hydrogen) atoms. The summed E-state index contributed by atoms with van der Waals surface area (Å²) in [4.78, 5) is 0. The molecular weight excluding hydrogens is 330 g/mol. The average molecular weight is 347 g/mol. The van der Waals surface area contributed by atoms with Crippen LogP contribution in [0.5, 0.6) is 0 Å². The number of benzene rings is 4. The van der Waals surface area contributed by atoms with Crippen LogP contribution in [0.1, 0.15) is 0 Å². The summed E-state index contributed by atoms with van der Waals surface area (Å²) in [6.45, 7) is 0. The van der Waals surface area contributed by atoms with Gasteiger partial charge in [-0.15, -0.1) is 0 Å². The number of aromatic nitrogens is 1. The predicted octanol–water partition coefficient (Wildman–Crippen LogP) is 6.83. The Hall–Kier alpha value is -3.65. The summed E-state index contributed by atoms with van der Waals surface area (Å²) in [5.41, 5.74) is 5.30. The van der Waals surface area contributed by atoms with E-state index in [1.807, 2.05) is 42.5 Å². The molecule has 0 aliphatic heterocycles. The number of fused-ring (bicyclic) bond motifs is 1. The molecule has 1 aromatic heterocycles. The van der Waals surface area contributed by atoms with Crippen molar-refractivity contribution in [2.45, 2.75) is 0 Å². The summed E-state index contributed by atoms with van der Waals surface area (Å²) in [5, 5.41) is 6.82. The normalized spacial score (nSPS) is 11.0. The Bertz CT molecular complexity index is 1220. The Labute approximate surface area is 157 Å². The lowest BCUT2D eigenvalue weighted by Crippen LogP contribution is -1.86. The maximum atomic E-state index is 5.63. The zero-order chi connectivity index (χ0) is 18.1. The Balaban J connectivity index is 1.67. The second kappa shape index (κ2) is 6.58. The molecule has 0 saturated carbocycles. The highest BCUT2D eigenvalue weighted by molar-refractivity contribution is 6.00. The smallest absolute Gasteiger partial charge is 0.167 e. The standard InChI is InChI=1S/C25H17NO/c1-2-10-19(11-3-1)25-17-24(26-27-25)23-15-7-6-14-22(23)21-16-8-12-18-9-4-5-13-20(18)21/h1-17H. The van der Waals surface area contributed by atoms with Gasteiger partial charge in [0, 0.05) is 17.2 Å². The molecule has 4 aromatic carbocycles. The van der Waals surface area contributed by atoms with Gasteiger partial charge in [-0.25, -0.2) is 0 Å². The fraction of sp³-hybridized carbons (Fsp3) is 0. The van der Waals surface area contributed by atoms with E-state index in [9.17, 15) is 0 Å². The van der Waals surface area contributed by atoms with Gasteiger partial charge in [-0.2, -0.15) is 0 Å². The summed E-state index contributed by atoms with van der Waals surface area (Å²) in [6, 6.07) is 35.3. The lowest BCUT2D eigenvalue weighted by molar-refractivity contribution is 0.435. The van der Waals surface area contributed by atoms with Crippen LogP contribution in [0.3, 0.4) is 0 Å². The van der Waals surface area contributed by atoms with E-state index < -0.39 is 0 Å². The molecule has 128 valence electrons. The van der Waals surface area contributed by atoms with Crippen molar-refractivity contribution in [1.29, 1.82) is 0 Å². The topological polar surface area (TPSA) is 26.0 Å². The molecule has 0 aliphatic rings. The zero-order valence-electron chi connectivity index (χ0n) is 14.7. The van der Waals surface area contributed by atoms with Gasteiger partial charge >= 0.3 is 0 Å². The Morgan fingerprint density at radius 3 is 2.11 bits per heavy atom. The lowest BCUT2D eigenvalue weighted by atomic mass is 9.93. The number of rotatable bonds is 3. The fourth-order valence-corrected chi connectivity index (χ4v) is 3.54. The number of hydrogen-bond acceptors (Lipinski definition) is 2. The molecule has 0 saturated heterocycles. The minimum atomic E-state index is 0.776. The van der Waals surface area contributed by atoms with Gasteiger partial charge in [0.05, 0.1) is 0 Å². The van der Waals surface area contributed by atoms with Crippen LogP contribution >= 0.6 is 0 Å². The highest BCUT2D eigenvalue weighted by atomic mass is 16.5. The van der Waals surface area contributed by atoms with E-state index in [4.69, 9.17) is 4.52 Å². The molecule has 0 aliphatic carbocycles. The van der Waals surface area contributed by atoms with Crippen LogP contribution in [-0.4, -0.2) is 5.16 Å². The van der Waals surface area contributed by atoms with Gasteiger partial charge in [-0.1, -0.05) is 102 Å². The summed E-state index contributed by atoms with van der Waals surface area (Å²) in [7, 11) is 0. The molecule has 0 radical (unpaired) electrons. The summed E-state index contributed by atoms with van der Waals surface area (Å²) < 4.78 is 5.63. The predicted molar refractivity (Wildman–Crippen MR) is 110 cm³/mol. The van der Waals surface area contributed by atoms with E-state index in [1.165, 1.54) is 16.3 Å². The van der Waals surface area contributed by atoms with Gasteiger partial charge in [-0.3, -0.25) is 0 Å². The van der Waals surface area contributed by atoms with Crippen LogP contribution in [0.2, 0.25) is 0 Å². The second-order valence-corrected chi connectivity index (χ2v) is 6.51. The zero-order valence-corrected chi connectivity index (χ0v) is 14.7. The van der Waals surface area contributed by atoms with Crippen molar-refractivity contribution in [1.82, 2.24) is 5.16 Å². The Morgan fingerprint density at radius 1 is 0.556 bits per heavy atom. The van der Waals surface area contributed by atoms with Gasteiger partial charge < -0.3 is 4.52 Å². The molecule has 2 heteroatoms. The van der Waals surface area contributed by atoms with Gasteiger partial charge in [0.2, 0.25) is 0 Å². The van der Waals surface area contributed by atoms with Crippen molar-refractivity contribution in [2.75, 3.05) is 0 Å². The van der Waals surface area contributed by atoms with E-state index >= 15 is 0 Å². The molecule has 1 heterocycles. The third kappa shape index (κ3) is 2.81. The van der Waals surface area contributed by atoms with E-state index in [1.54, 1.807) is 0 Å². The average Bonchev–Trinajstić information content (AvgIpc) is 3.24. The highest BCUT2D eigenvalue weighted by Gasteiger charge is 2.14. The van der Waals surface area contributed by atoms with Gasteiger partial charge in [0.15, 0.2) is 5.76 Å². The molecule has 5 rings (SSSR count). The molecule has 5 aromatic rings. The van der Waals surface area contributed by atoms with Crippen LogP contribution < -0.4 is 0 Å². The van der Waals surface area contributed by atoms with Crippen molar-refractivity contribution in [2.24, 2.45) is 0 Å². The van der Waals surface area contributed by atoms with E-state index in [2.05, 4.69) is 65.8 Å². The van der Waals surface area contributed by atoms with Crippen molar-refractivity contribution < 1.29 is 4.52 Å². The first-order valence-corrected chi connectivity index (χ1v) is 9.00. The van der Waals surface area contributed by atoms with Crippen molar-refractivity contribution in [3.8, 4) is 33.7 Å². The first-order valence-electron chi connectivity index (χ1n) is 9.00. The largest absolute Gasteiger partial charge is 0.356 e. The molecule has 0 fully saturated rings. The second-order valence-electron chi connectivity index (χ2n) is 6.51. The molecule has 0 amide bonds. The first kappa shape index (κ1) is 15.6. The van der Waals surface area contributed by atoms with Crippen LogP contribution in [-0.2, 0) is 0 Å². The SMILES string of the molecule is c1ccc(-c2cc(-c3ccccc3-c3cccc4ccccc34)no2)cc1. The fourth-order valence-electron chi connectivity index (χ4n) is 3.54. The molecule has 0 spiro atoms. The van der Waals surface area contributed by atoms with Gasteiger partial charge in [0.1, 0.15) is 5.69 Å². The lowest BCUT2D eigenvalue weighted by Gasteiger charge is -2.10. The van der Waals surface area contributed by atoms with Crippen LogP contribution in [0.4, 0.5) is 0 Å². The third-order valence-corrected chi connectivity index (χ3v) is 4.85.